The second-order valence-corrected chi connectivity index (χ2v) is 8.78. The molecule has 0 radical (unpaired) electrons. The molecule has 1 aromatic carbocycles. The second kappa shape index (κ2) is 10.1. The Morgan fingerprint density at radius 2 is 1.94 bits per heavy atom. The molecular formula is C24H30N2O6. The summed E-state index contributed by atoms with van der Waals surface area (Å²) < 4.78 is 16.4. The van der Waals surface area contributed by atoms with E-state index in [4.69, 9.17) is 14.2 Å². The number of benzene rings is 1. The van der Waals surface area contributed by atoms with Gasteiger partial charge in [-0.2, -0.15) is 0 Å². The van der Waals surface area contributed by atoms with Crippen LogP contribution in [0.2, 0.25) is 0 Å². The zero-order chi connectivity index (χ0) is 23.3. The van der Waals surface area contributed by atoms with E-state index in [1.807, 2.05) is 44.3 Å². The summed E-state index contributed by atoms with van der Waals surface area (Å²) in [5.74, 6) is -1.38. The van der Waals surface area contributed by atoms with Crippen molar-refractivity contribution in [2.24, 2.45) is 5.41 Å². The topological polar surface area (TPSA) is 97.9 Å². The van der Waals surface area contributed by atoms with E-state index in [-0.39, 0.29) is 24.0 Å². The van der Waals surface area contributed by atoms with Crippen molar-refractivity contribution >= 4 is 28.6 Å². The predicted molar refractivity (Wildman–Crippen MR) is 119 cm³/mol. The van der Waals surface area contributed by atoms with E-state index in [1.165, 1.54) is 25.1 Å². The molecule has 2 heterocycles. The summed E-state index contributed by atoms with van der Waals surface area (Å²) in [5.41, 5.74) is 1.69. The van der Waals surface area contributed by atoms with Crippen LogP contribution in [0.25, 0.3) is 10.9 Å². The Balaban J connectivity index is 1.89. The third-order valence-electron chi connectivity index (χ3n) is 5.27. The summed E-state index contributed by atoms with van der Waals surface area (Å²) in [5, 5.41) is 0.950. The Bertz CT molecular complexity index is 999. The Hall–Kier alpha value is -2.97. The highest BCUT2D eigenvalue weighted by atomic mass is 16.7. The third kappa shape index (κ3) is 5.83. The molecule has 32 heavy (non-hydrogen) atoms. The average molecular weight is 443 g/mol. The number of hydrogen-bond acceptors (Lipinski definition) is 6. The van der Waals surface area contributed by atoms with Crippen LogP contribution in [0.15, 0.2) is 42.7 Å². The Labute approximate surface area is 187 Å². The predicted octanol–water partition coefficient (Wildman–Crippen LogP) is 2.97. The number of carbonyl (C=O) groups excluding carboxylic acids is 3. The van der Waals surface area contributed by atoms with Gasteiger partial charge >= 0.3 is 5.97 Å². The van der Waals surface area contributed by atoms with Crippen LogP contribution >= 0.6 is 0 Å². The van der Waals surface area contributed by atoms with Gasteiger partial charge in [-0.3, -0.25) is 9.59 Å². The molecule has 1 aliphatic rings. The molecule has 1 saturated heterocycles. The number of ketones is 1. The Kier molecular flexibility index (Phi) is 7.48. The van der Waals surface area contributed by atoms with Crippen molar-refractivity contribution < 1.29 is 28.6 Å². The summed E-state index contributed by atoms with van der Waals surface area (Å²) >= 11 is 0. The number of amides is 1. The fourth-order valence-electron chi connectivity index (χ4n) is 3.58. The van der Waals surface area contributed by atoms with E-state index in [9.17, 15) is 14.4 Å². The van der Waals surface area contributed by atoms with Crippen LogP contribution in [-0.2, 0) is 35.0 Å². The molecule has 1 amide bonds. The number of para-hydroxylation sites is 1. The number of ether oxygens (including phenoxy) is 3. The van der Waals surface area contributed by atoms with E-state index < -0.39 is 24.2 Å². The molecule has 0 saturated carbocycles. The first-order valence-corrected chi connectivity index (χ1v) is 10.5. The number of aromatic amines is 1. The lowest BCUT2D eigenvalue weighted by atomic mass is 9.96. The van der Waals surface area contributed by atoms with Gasteiger partial charge in [-0.15, -0.1) is 0 Å². The van der Waals surface area contributed by atoms with Crippen molar-refractivity contribution in [1.82, 2.24) is 9.88 Å². The van der Waals surface area contributed by atoms with Crippen LogP contribution in [0, 0.1) is 5.41 Å². The molecule has 1 aliphatic heterocycles. The number of H-pyrrole nitrogens is 1. The monoisotopic (exact) mass is 442 g/mol. The molecule has 0 bridgehead atoms. The second-order valence-electron chi connectivity index (χ2n) is 8.78. The molecule has 1 N–H and O–H groups in total. The molecule has 8 heteroatoms. The molecule has 1 fully saturated rings. The van der Waals surface area contributed by atoms with E-state index in [1.54, 1.807) is 6.08 Å². The van der Waals surface area contributed by atoms with Gasteiger partial charge in [-0.25, -0.2) is 4.79 Å². The first-order valence-electron chi connectivity index (χ1n) is 10.5. The number of nitrogens with one attached hydrogen (secondary N) is 1. The first kappa shape index (κ1) is 23.7. The Morgan fingerprint density at radius 1 is 1.25 bits per heavy atom. The average Bonchev–Trinajstić information content (AvgIpc) is 3.16. The summed E-state index contributed by atoms with van der Waals surface area (Å²) in [4.78, 5) is 41.7. The van der Waals surface area contributed by atoms with Crippen molar-refractivity contribution in [2.45, 2.75) is 45.9 Å². The van der Waals surface area contributed by atoms with Crippen LogP contribution in [-0.4, -0.2) is 60.2 Å². The highest BCUT2D eigenvalue weighted by Crippen LogP contribution is 2.25. The summed E-state index contributed by atoms with van der Waals surface area (Å²) in [7, 11) is 1.28. The maximum Gasteiger partial charge on any atom is 0.329 e. The van der Waals surface area contributed by atoms with Crippen LogP contribution in [0.4, 0.5) is 0 Å². The van der Waals surface area contributed by atoms with Gasteiger partial charge in [0.2, 0.25) is 5.91 Å². The maximum atomic E-state index is 12.9. The molecule has 8 nitrogen and oxygen atoms in total. The number of hydrogen-bond donors (Lipinski definition) is 1. The van der Waals surface area contributed by atoms with Gasteiger partial charge in [-0.05, 0) is 24.6 Å². The molecule has 172 valence electrons. The zero-order valence-electron chi connectivity index (χ0n) is 18.9. The first-order chi connectivity index (χ1) is 15.2. The quantitative estimate of drug-likeness (QED) is 0.499. The minimum atomic E-state index is -0.956. The van der Waals surface area contributed by atoms with Crippen molar-refractivity contribution in [3.05, 3.63) is 48.3 Å². The van der Waals surface area contributed by atoms with Crippen LogP contribution < -0.4 is 0 Å². The molecule has 1 unspecified atom stereocenters. The largest absolute Gasteiger partial charge is 0.467 e. The lowest BCUT2D eigenvalue weighted by Crippen LogP contribution is -2.44. The summed E-state index contributed by atoms with van der Waals surface area (Å²) in [6, 6.07) is 6.74. The number of rotatable bonds is 8. The van der Waals surface area contributed by atoms with Crippen LogP contribution in [0.3, 0.4) is 0 Å². The molecule has 1 aromatic heterocycles. The van der Waals surface area contributed by atoms with Crippen LogP contribution in [0.1, 0.15) is 32.8 Å². The normalized spacial score (nSPS) is 17.4. The standard InChI is InChI=1S/C24H30N2O6/c1-16(27)11-21(28)26(10-9-22-31-14-24(2,3)15-32-22)20(23(29)30-4)12-17-13-25-19-8-6-5-7-18(17)19/h5-10,13,20,22,25H,11-12,14-15H2,1-4H3/b10-9+. The van der Waals surface area contributed by atoms with Gasteiger partial charge in [0.15, 0.2) is 6.29 Å². The van der Waals surface area contributed by atoms with Gasteiger partial charge in [-0.1, -0.05) is 32.0 Å². The van der Waals surface area contributed by atoms with Crippen molar-refractivity contribution in [2.75, 3.05) is 20.3 Å². The van der Waals surface area contributed by atoms with E-state index in [0.717, 1.165) is 16.5 Å². The fraction of sp³-hybridized carbons (Fsp3) is 0.458. The van der Waals surface area contributed by atoms with Crippen LogP contribution in [0.5, 0.6) is 0 Å². The van der Waals surface area contributed by atoms with Crippen molar-refractivity contribution in [3.8, 4) is 0 Å². The highest BCUT2D eigenvalue weighted by molar-refractivity contribution is 5.99. The molecule has 2 aromatic rings. The number of esters is 1. The smallest absolute Gasteiger partial charge is 0.329 e. The Morgan fingerprint density at radius 3 is 2.59 bits per heavy atom. The summed E-state index contributed by atoms with van der Waals surface area (Å²) in [6.45, 7) is 6.40. The number of carbonyl (C=O) groups is 3. The van der Waals surface area contributed by atoms with Gasteiger partial charge in [0.1, 0.15) is 11.8 Å². The molecule has 3 rings (SSSR count). The van der Waals surface area contributed by atoms with Gasteiger partial charge in [0.25, 0.3) is 0 Å². The van der Waals surface area contributed by atoms with Gasteiger partial charge in [0, 0.05) is 35.1 Å². The number of Topliss-reactive ketones (excluding diaryl/α,β-unsaturated/α-hetero) is 1. The van der Waals surface area contributed by atoms with Gasteiger partial charge in [0.05, 0.1) is 26.7 Å². The third-order valence-corrected chi connectivity index (χ3v) is 5.27. The number of fused-ring (bicyclic) bond motifs is 1. The lowest BCUT2D eigenvalue weighted by molar-refractivity contribution is -0.198. The molecule has 0 aliphatic carbocycles. The van der Waals surface area contributed by atoms with E-state index in [0.29, 0.717) is 13.2 Å². The van der Waals surface area contributed by atoms with E-state index in [2.05, 4.69) is 4.98 Å². The fourth-order valence-corrected chi connectivity index (χ4v) is 3.58. The van der Waals surface area contributed by atoms with E-state index >= 15 is 0 Å². The molecule has 0 spiro atoms. The minimum absolute atomic E-state index is 0.0988. The number of nitrogens with zero attached hydrogens (tertiary/aromatic N) is 1. The molecular weight excluding hydrogens is 412 g/mol. The minimum Gasteiger partial charge on any atom is -0.467 e. The zero-order valence-corrected chi connectivity index (χ0v) is 18.9. The van der Waals surface area contributed by atoms with Crippen molar-refractivity contribution in [3.63, 3.8) is 0 Å². The lowest BCUT2D eigenvalue weighted by Gasteiger charge is -2.34. The highest BCUT2D eigenvalue weighted by Gasteiger charge is 2.32. The SMILES string of the molecule is COC(=O)C(Cc1c[nH]c2ccccc12)N(/C=C/C1OCC(C)(C)CO1)C(=O)CC(C)=O. The van der Waals surface area contributed by atoms with Crippen molar-refractivity contribution in [1.29, 1.82) is 0 Å². The van der Waals surface area contributed by atoms with Gasteiger partial charge < -0.3 is 24.1 Å². The maximum absolute atomic E-state index is 12.9. The number of aromatic nitrogens is 1. The summed E-state index contributed by atoms with van der Waals surface area (Å²) in [6.07, 6.45) is 4.09. The molecule has 1 atom stereocenters. The number of methoxy groups -OCH3 is 1.